The largest absolute Gasteiger partial charge is 0.469 e. The first kappa shape index (κ1) is 12.9. The Morgan fingerprint density at radius 3 is 2.64 bits per heavy atom. The van der Waals surface area contributed by atoms with Gasteiger partial charge in [0.1, 0.15) is 0 Å². The second-order valence-electron chi connectivity index (χ2n) is 2.88. The summed E-state index contributed by atoms with van der Waals surface area (Å²) < 4.78 is 4.52. The second kappa shape index (κ2) is 9.99. The molecule has 0 saturated carbocycles. The number of esters is 1. The fourth-order valence-electron chi connectivity index (χ4n) is 0.951. The summed E-state index contributed by atoms with van der Waals surface area (Å²) >= 11 is 0. The molecule has 0 rings (SSSR count). The predicted octanol–water partition coefficient (Wildman–Crippen LogP) is 1.79. The van der Waals surface area contributed by atoms with E-state index >= 15 is 0 Å². The summed E-state index contributed by atoms with van der Waals surface area (Å²) in [6.07, 6.45) is 11.3. The molecule has 0 saturated heterocycles. The van der Waals surface area contributed by atoms with E-state index in [0.29, 0.717) is 13.0 Å². The van der Waals surface area contributed by atoms with Crippen molar-refractivity contribution in [3.8, 4) is 0 Å². The number of methoxy groups -OCH3 is 1. The molecule has 0 aromatic rings. The first-order chi connectivity index (χ1) is 6.81. The first-order valence-corrected chi connectivity index (χ1v) is 4.88. The Balaban J connectivity index is 3.27. The molecule has 14 heavy (non-hydrogen) atoms. The van der Waals surface area contributed by atoms with Crippen LogP contribution in [0.1, 0.15) is 25.7 Å². The highest BCUT2D eigenvalue weighted by atomic mass is 16.5. The molecule has 0 unspecified atom stereocenters. The summed E-state index contributed by atoms with van der Waals surface area (Å²) in [6.45, 7) is 0.593. The first-order valence-electron chi connectivity index (χ1n) is 4.88. The average molecular weight is 197 g/mol. The topological polar surface area (TPSA) is 52.3 Å². The Hall–Kier alpha value is -1.09. The standard InChI is InChI=1S/C11H19NO2/c1-14-11(13)9-7-5-3-2-4-6-8-10-12/h2-3,6,8H,4-5,7,9-10,12H2,1H3/b3-2-,8-6-. The van der Waals surface area contributed by atoms with Crippen LogP contribution in [0.5, 0.6) is 0 Å². The van der Waals surface area contributed by atoms with Crippen molar-refractivity contribution in [1.82, 2.24) is 0 Å². The van der Waals surface area contributed by atoms with Crippen LogP contribution in [0.3, 0.4) is 0 Å². The molecule has 0 aliphatic carbocycles. The molecule has 0 radical (unpaired) electrons. The van der Waals surface area contributed by atoms with Gasteiger partial charge in [0.05, 0.1) is 7.11 Å². The number of nitrogens with two attached hydrogens (primary N) is 1. The van der Waals surface area contributed by atoms with Crippen LogP contribution in [0.25, 0.3) is 0 Å². The molecule has 0 atom stereocenters. The van der Waals surface area contributed by atoms with Gasteiger partial charge < -0.3 is 10.5 Å². The van der Waals surface area contributed by atoms with Crippen LogP contribution >= 0.6 is 0 Å². The van der Waals surface area contributed by atoms with Crippen molar-refractivity contribution in [3.63, 3.8) is 0 Å². The van der Waals surface area contributed by atoms with E-state index in [1.165, 1.54) is 7.11 Å². The number of hydrogen-bond donors (Lipinski definition) is 1. The molecular formula is C11H19NO2. The smallest absolute Gasteiger partial charge is 0.305 e. The van der Waals surface area contributed by atoms with Gasteiger partial charge in [-0.1, -0.05) is 24.3 Å². The van der Waals surface area contributed by atoms with E-state index in [2.05, 4.69) is 16.9 Å². The monoisotopic (exact) mass is 197 g/mol. The normalized spacial score (nSPS) is 11.3. The zero-order valence-corrected chi connectivity index (χ0v) is 8.74. The molecule has 2 N–H and O–H groups in total. The molecule has 0 aromatic heterocycles. The van der Waals surface area contributed by atoms with Gasteiger partial charge >= 0.3 is 5.97 Å². The van der Waals surface area contributed by atoms with Gasteiger partial charge in [-0.3, -0.25) is 4.79 Å². The summed E-state index contributed by atoms with van der Waals surface area (Å²) in [5, 5.41) is 0. The van der Waals surface area contributed by atoms with Crippen molar-refractivity contribution in [2.24, 2.45) is 5.73 Å². The summed E-state index contributed by atoms with van der Waals surface area (Å²) in [4.78, 5) is 10.7. The lowest BCUT2D eigenvalue weighted by atomic mass is 10.2. The van der Waals surface area contributed by atoms with Gasteiger partial charge in [-0.15, -0.1) is 0 Å². The Morgan fingerprint density at radius 2 is 2.00 bits per heavy atom. The van der Waals surface area contributed by atoms with Crippen molar-refractivity contribution in [3.05, 3.63) is 24.3 Å². The number of allylic oxidation sites excluding steroid dienone is 3. The summed E-state index contributed by atoms with van der Waals surface area (Å²) in [5.74, 6) is -0.138. The van der Waals surface area contributed by atoms with Crippen LogP contribution in [0.4, 0.5) is 0 Å². The number of unbranched alkanes of at least 4 members (excludes halogenated alkanes) is 1. The third-order valence-electron chi connectivity index (χ3n) is 1.72. The Kier molecular flexibility index (Phi) is 9.22. The van der Waals surface area contributed by atoms with E-state index in [9.17, 15) is 4.79 Å². The number of hydrogen-bond acceptors (Lipinski definition) is 3. The highest BCUT2D eigenvalue weighted by Crippen LogP contribution is 1.99. The Morgan fingerprint density at radius 1 is 1.29 bits per heavy atom. The van der Waals surface area contributed by atoms with Gasteiger partial charge in [-0.25, -0.2) is 0 Å². The van der Waals surface area contributed by atoms with Crippen molar-refractivity contribution < 1.29 is 9.53 Å². The van der Waals surface area contributed by atoms with Crippen molar-refractivity contribution in [2.45, 2.75) is 25.7 Å². The highest BCUT2D eigenvalue weighted by molar-refractivity contribution is 5.68. The second-order valence-corrected chi connectivity index (χ2v) is 2.88. The minimum absolute atomic E-state index is 0.138. The van der Waals surface area contributed by atoms with Gasteiger partial charge in [0.25, 0.3) is 0 Å². The SMILES string of the molecule is COC(=O)CCC/C=C\C/C=C\CN. The molecule has 0 aliphatic heterocycles. The maximum absolute atomic E-state index is 10.7. The number of carbonyl (C=O) groups is 1. The van der Waals surface area contributed by atoms with Crippen LogP contribution in [0.15, 0.2) is 24.3 Å². The van der Waals surface area contributed by atoms with Crippen molar-refractivity contribution >= 4 is 5.97 Å². The Labute approximate surface area is 85.6 Å². The minimum Gasteiger partial charge on any atom is -0.469 e. The molecule has 0 fully saturated rings. The molecule has 0 heterocycles. The van der Waals surface area contributed by atoms with Gasteiger partial charge in [0, 0.05) is 13.0 Å². The lowest BCUT2D eigenvalue weighted by molar-refractivity contribution is -0.140. The molecule has 0 aliphatic rings. The van der Waals surface area contributed by atoms with Gasteiger partial charge in [-0.2, -0.15) is 0 Å². The predicted molar refractivity (Wildman–Crippen MR) is 57.8 cm³/mol. The third-order valence-corrected chi connectivity index (χ3v) is 1.72. The Bertz CT molecular complexity index is 197. The zero-order chi connectivity index (χ0) is 10.6. The summed E-state index contributed by atoms with van der Waals surface area (Å²) in [7, 11) is 1.41. The molecule has 0 bridgehead atoms. The number of ether oxygens (including phenoxy) is 1. The van der Waals surface area contributed by atoms with Crippen LogP contribution in [0.2, 0.25) is 0 Å². The molecule has 0 amide bonds. The zero-order valence-electron chi connectivity index (χ0n) is 8.74. The summed E-state index contributed by atoms with van der Waals surface area (Å²) in [5.41, 5.74) is 5.28. The lowest BCUT2D eigenvalue weighted by Crippen LogP contribution is -1.98. The third kappa shape index (κ3) is 9.00. The quantitative estimate of drug-likeness (QED) is 0.384. The van der Waals surface area contributed by atoms with Gasteiger partial charge in [0.2, 0.25) is 0 Å². The molecule has 0 spiro atoms. The molecule has 80 valence electrons. The molecular weight excluding hydrogens is 178 g/mol. The van der Waals surface area contributed by atoms with Crippen molar-refractivity contribution in [1.29, 1.82) is 0 Å². The van der Waals surface area contributed by atoms with E-state index in [4.69, 9.17) is 5.73 Å². The fraction of sp³-hybridized carbons (Fsp3) is 0.545. The highest BCUT2D eigenvalue weighted by Gasteiger charge is 1.96. The molecule has 3 heteroatoms. The average Bonchev–Trinajstić information content (AvgIpc) is 2.21. The number of carbonyl (C=O) groups excluding carboxylic acids is 1. The van der Waals surface area contributed by atoms with E-state index in [1.807, 2.05) is 12.2 Å². The maximum Gasteiger partial charge on any atom is 0.305 e. The lowest BCUT2D eigenvalue weighted by Gasteiger charge is -1.95. The fourth-order valence-corrected chi connectivity index (χ4v) is 0.951. The van der Waals surface area contributed by atoms with E-state index in [-0.39, 0.29) is 5.97 Å². The van der Waals surface area contributed by atoms with Gasteiger partial charge in [0.15, 0.2) is 0 Å². The maximum atomic E-state index is 10.7. The molecule has 0 aromatic carbocycles. The van der Waals surface area contributed by atoms with Gasteiger partial charge in [-0.05, 0) is 19.3 Å². The van der Waals surface area contributed by atoms with E-state index < -0.39 is 0 Å². The van der Waals surface area contributed by atoms with Crippen molar-refractivity contribution in [2.75, 3.05) is 13.7 Å². The van der Waals surface area contributed by atoms with E-state index in [1.54, 1.807) is 0 Å². The molecule has 3 nitrogen and oxygen atoms in total. The summed E-state index contributed by atoms with van der Waals surface area (Å²) in [6, 6.07) is 0. The number of rotatable bonds is 7. The van der Waals surface area contributed by atoms with Crippen LogP contribution in [-0.2, 0) is 9.53 Å². The van der Waals surface area contributed by atoms with E-state index in [0.717, 1.165) is 19.3 Å². The minimum atomic E-state index is -0.138. The van der Waals surface area contributed by atoms with Crippen LogP contribution in [-0.4, -0.2) is 19.6 Å². The van der Waals surface area contributed by atoms with Crippen LogP contribution < -0.4 is 5.73 Å². The van der Waals surface area contributed by atoms with Crippen LogP contribution in [0, 0.1) is 0 Å².